The van der Waals surface area contributed by atoms with E-state index in [1.54, 1.807) is 4.90 Å². The quantitative estimate of drug-likeness (QED) is 0.792. The summed E-state index contributed by atoms with van der Waals surface area (Å²) in [5, 5.41) is 0. The summed E-state index contributed by atoms with van der Waals surface area (Å²) in [6.07, 6.45) is 2.75. The first-order chi connectivity index (χ1) is 8.74. The summed E-state index contributed by atoms with van der Waals surface area (Å²) in [6.45, 7) is 12.9. The predicted octanol–water partition coefficient (Wildman–Crippen LogP) is 3.26. The smallest absolute Gasteiger partial charge is 0.409 e. The molecule has 1 rings (SSSR count). The highest BCUT2D eigenvalue weighted by atomic mass is 16.6. The van der Waals surface area contributed by atoms with Crippen LogP contribution in [0, 0.1) is 5.92 Å². The molecule has 0 spiro atoms. The van der Waals surface area contributed by atoms with Crippen LogP contribution in [0.15, 0.2) is 0 Å². The van der Waals surface area contributed by atoms with Crippen molar-refractivity contribution in [3.63, 3.8) is 0 Å². The fourth-order valence-corrected chi connectivity index (χ4v) is 1.53. The lowest BCUT2D eigenvalue weighted by Crippen LogP contribution is -2.38. The third-order valence-corrected chi connectivity index (χ3v) is 2.62. The van der Waals surface area contributed by atoms with Gasteiger partial charge in [0.2, 0.25) is 0 Å². The molecule has 4 heteroatoms. The molecule has 110 valence electrons. The number of hydrogen-bond acceptors (Lipinski definition) is 3. The van der Waals surface area contributed by atoms with E-state index in [2.05, 4.69) is 6.92 Å². The van der Waals surface area contributed by atoms with Crippen molar-refractivity contribution < 1.29 is 9.53 Å². The topological polar surface area (TPSA) is 55.6 Å². The molecule has 18 heavy (non-hydrogen) atoms. The van der Waals surface area contributed by atoms with Crippen LogP contribution in [-0.2, 0) is 4.74 Å². The van der Waals surface area contributed by atoms with Gasteiger partial charge in [-0.1, -0.05) is 34.6 Å². The van der Waals surface area contributed by atoms with E-state index in [4.69, 9.17) is 10.5 Å². The van der Waals surface area contributed by atoms with Crippen LogP contribution in [0.25, 0.3) is 0 Å². The highest BCUT2D eigenvalue weighted by Gasteiger charge is 2.20. The van der Waals surface area contributed by atoms with E-state index < -0.39 is 0 Å². The van der Waals surface area contributed by atoms with Crippen LogP contribution in [0.5, 0.6) is 0 Å². The van der Waals surface area contributed by atoms with Crippen molar-refractivity contribution in [3.8, 4) is 0 Å². The first-order valence-corrected chi connectivity index (χ1v) is 7.36. The van der Waals surface area contributed by atoms with Gasteiger partial charge in [-0.05, 0) is 31.7 Å². The van der Waals surface area contributed by atoms with Crippen LogP contribution >= 0.6 is 0 Å². The largest absolute Gasteiger partial charge is 0.449 e. The number of carbonyl (C=O) groups excluding carboxylic acids is 1. The zero-order valence-corrected chi connectivity index (χ0v) is 12.9. The second-order valence-corrected chi connectivity index (χ2v) is 3.93. The summed E-state index contributed by atoms with van der Waals surface area (Å²) in [5.41, 5.74) is 5.31. The maximum absolute atomic E-state index is 11.4. The van der Waals surface area contributed by atoms with Gasteiger partial charge in [-0.3, -0.25) is 0 Å². The van der Waals surface area contributed by atoms with Crippen LogP contribution in [0.3, 0.4) is 0 Å². The third-order valence-electron chi connectivity index (χ3n) is 2.62. The Bertz CT molecular complexity index is 179. The Morgan fingerprint density at radius 3 is 2.17 bits per heavy atom. The van der Waals surface area contributed by atoms with Gasteiger partial charge in [-0.15, -0.1) is 0 Å². The van der Waals surface area contributed by atoms with Gasteiger partial charge in [-0.25, -0.2) is 4.79 Å². The molecule has 4 nitrogen and oxygen atoms in total. The lowest BCUT2D eigenvalue weighted by atomic mass is 10.00. The fraction of sp³-hybridized carbons (Fsp3) is 0.929. The summed E-state index contributed by atoms with van der Waals surface area (Å²) < 4.78 is 5.06. The van der Waals surface area contributed by atoms with Crippen molar-refractivity contribution in [2.75, 3.05) is 26.2 Å². The number of hydrogen-bond donors (Lipinski definition) is 1. The second kappa shape index (κ2) is 14.3. The number of nitrogens with two attached hydrogens (primary N) is 1. The molecule has 0 atom stereocenters. The molecular weight excluding hydrogens is 228 g/mol. The average Bonchev–Trinajstić information content (AvgIpc) is 2.44. The van der Waals surface area contributed by atoms with E-state index in [0.29, 0.717) is 13.2 Å². The molecule has 1 fully saturated rings. The van der Waals surface area contributed by atoms with E-state index in [9.17, 15) is 4.79 Å². The molecule has 0 aromatic heterocycles. The first kappa shape index (κ1) is 19.6. The zero-order chi connectivity index (χ0) is 14.4. The van der Waals surface area contributed by atoms with Crippen LogP contribution in [0.2, 0.25) is 0 Å². The molecule has 0 unspecified atom stereocenters. The Labute approximate surface area is 113 Å². The van der Waals surface area contributed by atoms with Crippen LogP contribution in [0.1, 0.15) is 53.9 Å². The van der Waals surface area contributed by atoms with Gasteiger partial charge in [0.05, 0.1) is 6.61 Å². The molecule has 1 aliphatic rings. The molecular formula is C14H32N2O2. The van der Waals surface area contributed by atoms with Gasteiger partial charge in [0.25, 0.3) is 0 Å². The normalized spacial score (nSPS) is 14.9. The Kier molecular flexibility index (Phi) is 15.5. The Balaban J connectivity index is 0. The number of likely N-dealkylation sites (tertiary alicyclic amines) is 1. The van der Waals surface area contributed by atoms with E-state index in [1.165, 1.54) is 0 Å². The van der Waals surface area contributed by atoms with Gasteiger partial charge in [0.15, 0.2) is 0 Å². The molecule has 0 radical (unpaired) electrons. The van der Waals surface area contributed by atoms with Gasteiger partial charge in [0, 0.05) is 13.1 Å². The van der Waals surface area contributed by atoms with Crippen molar-refractivity contribution in [2.45, 2.75) is 53.9 Å². The highest BCUT2D eigenvalue weighted by Crippen LogP contribution is 2.16. The summed E-state index contributed by atoms with van der Waals surface area (Å²) in [4.78, 5) is 13.2. The predicted molar refractivity (Wildman–Crippen MR) is 77.7 cm³/mol. The molecule has 2 N–H and O–H groups in total. The second-order valence-electron chi connectivity index (χ2n) is 3.93. The Morgan fingerprint density at radius 2 is 1.72 bits per heavy atom. The van der Waals surface area contributed by atoms with Crippen molar-refractivity contribution in [3.05, 3.63) is 0 Å². The SMILES string of the molecule is CC.CC.CC1CCN(C(=O)OCCCN)CC1. The molecule has 0 aliphatic carbocycles. The monoisotopic (exact) mass is 260 g/mol. The lowest BCUT2D eigenvalue weighted by Gasteiger charge is -2.29. The number of rotatable bonds is 3. The maximum Gasteiger partial charge on any atom is 0.409 e. The minimum absolute atomic E-state index is 0.176. The number of nitrogens with zero attached hydrogens (tertiary/aromatic N) is 1. The minimum atomic E-state index is -0.176. The molecule has 0 bridgehead atoms. The van der Waals surface area contributed by atoms with Crippen molar-refractivity contribution >= 4 is 6.09 Å². The van der Waals surface area contributed by atoms with E-state index in [0.717, 1.165) is 38.3 Å². The molecule has 0 aromatic carbocycles. The zero-order valence-electron chi connectivity index (χ0n) is 12.9. The molecule has 1 amide bonds. The lowest BCUT2D eigenvalue weighted by molar-refractivity contribution is 0.0888. The summed E-state index contributed by atoms with van der Waals surface area (Å²) in [5.74, 6) is 0.739. The van der Waals surface area contributed by atoms with Gasteiger partial charge in [-0.2, -0.15) is 0 Å². The van der Waals surface area contributed by atoms with Crippen molar-refractivity contribution in [1.82, 2.24) is 4.90 Å². The van der Waals surface area contributed by atoms with Crippen molar-refractivity contribution in [1.29, 1.82) is 0 Å². The molecule has 1 saturated heterocycles. The van der Waals surface area contributed by atoms with Crippen LogP contribution < -0.4 is 5.73 Å². The van der Waals surface area contributed by atoms with Gasteiger partial charge in [0.1, 0.15) is 0 Å². The van der Waals surface area contributed by atoms with E-state index in [-0.39, 0.29) is 6.09 Å². The molecule has 0 saturated carbocycles. The average molecular weight is 260 g/mol. The fourth-order valence-electron chi connectivity index (χ4n) is 1.53. The number of ether oxygens (including phenoxy) is 1. The summed E-state index contributed by atoms with van der Waals surface area (Å²) in [6, 6.07) is 0. The number of piperidine rings is 1. The molecule has 1 aliphatic heterocycles. The Morgan fingerprint density at radius 1 is 1.22 bits per heavy atom. The van der Waals surface area contributed by atoms with Gasteiger partial charge >= 0.3 is 6.09 Å². The van der Waals surface area contributed by atoms with E-state index >= 15 is 0 Å². The summed E-state index contributed by atoms with van der Waals surface area (Å²) in [7, 11) is 0. The number of amides is 1. The van der Waals surface area contributed by atoms with Gasteiger partial charge < -0.3 is 15.4 Å². The molecule has 1 heterocycles. The highest BCUT2D eigenvalue weighted by molar-refractivity contribution is 5.67. The first-order valence-electron chi connectivity index (χ1n) is 7.36. The molecule has 0 aromatic rings. The standard InChI is InChI=1S/C10H20N2O2.2C2H6/c1-9-3-6-12(7-4-9)10(13)14-8-2-5-11;2*1-2/h9H,2-8,11H2,1H3;2*1-2H3. The number of carbonyl (C=O) groups is 1. The maximum atomic E-state index is 11.4. The van der Waals surface area contributed by atoms with Crippen LogP contribution in [-0.4, -0.2) is 37.2 Å². The van der Waals surface area contributed by atoms with Crippen LogP contribution in [0.4, 0.5) is 4.79 Å². The van der Waals surface area contributed by atoms with E-state index in [1.807, 2.05) is 27.7 Å². The summed E-state index contributed by atoms with van der Waals surface area (Å²) >= 11 is 0. The van der Waals surface area contributed by atoms with Crippen molar-refractivity contribution in [2.24, 2.45) is 11.7 Å². The minimum Gasteiger partial charge on any atom is -0.449 e. The Hall–Kier alpha value is -0.770. The third kappa shape index (κ3) is 9.28.